The molecule has 9 heteroatoms. The van der Waals surface area contributed by atoms with Gasteiger partial charge < -0.3 is 10.1 Å². The van der Waals surface area contributed by atoms with Gasteiger partial charge >= 0.3 is 0 Å². The summed E-state index contributed by atoms with van der Waals surface area (Å²) < 4.78 is 10.3. The first-order valence-corrected chi connectivity index (χ1v) is 12.5. The van der Waals surface area contributed by atoms with Crippen molar-refractivity contribution < 1.29 is 9.53 Å². The molecule has 0 saturated heterocycles. The highest BCUT2D eigenvalue weighted by Crippen LogP contribution is 2.47. The van der Waals surface area contributed by atoms with E-state index in [0.717, 1.165) is 28.1 Å². The van der Waals surface area contributed by atoms with Gasteiger partial charge in [-0.1, -0.05) is 47.7 Å². The number of anilines is 1. The highest BCUT2D eigenvalue weighted by molar-refractivity contribution is 7.07. The molecule has 0 saturated carbocycles. The van der Waals surface area contributed by atoms with Gasteiger partial charge in [-0.05, 0) is 44.5 Å². The second-order valence-electron chi connectivity index (χ2n) is 9.41. The van der Waals surface area contributed by atoms with Crippen molar-refractivity contribution >= 4 is 29.0 Å². The van der Waals surface area contributed by atoms with Gasteiger partial charge in [0.05, 0.1) is 16.8 Å². The van der Waals surface area contributed by atoms with Crippen LogP contribution < -0.4 is 24.9 Å². The summed E-state index contributed by atoms with van der Waals surface area (Å²) in [6.45, 7) is 5.72. The number of nitrogens with one attached hydrogen (secondary N) is 1. The lowest BCUT2D eigenvalue weighted by Crippen LogP contribution is -2.59. The number of carbonyl (C=O) groups is 1. The second-order valence-corrected chi connectivity index (χ2v) is 10.4. The van der Waals surface area contributed by atoms with E-state index in [0.29, 0.717) is 15.1 Å². The third-order valence-electron chi connectivity index (χ3n) is 7.12. The molecule has 182 valence electrons. The molecule has 0 spiro atoms. The van der Waals surface area contributed by atoms with Crippen LogP contribution >= 0.6 is 11.3 Å². The minimum Gasteiger partial charge on any atom is -0.465 e. The maximum atomic E-state index is 13.8. The molecule has 2 aliphatic rings. The van der Waals surface area contributed by atoms with E-state index in [1.54, 1.807) is 15.4 Å². The number of para-hydroxylation sites is 2. The van der Waals surface area contributed by atoms with Crippen molar-refractivity contribution in [3.63, 3.8) is 0 Å². The Morgan fingerprint density at radius 1 is 1.17 bits per heavy atom. The molecule has 0 fully saturated rings. The van der Waals surface area contributed by atoms with E-state index < -0.39 is 17.7 Å². The van der Waals surface area contributed by atoms with Gasteiger partial charge in [-0.2, -0.15) is 5.10 Å². The third-order valence-corrected chi connectivity index (χ3v) is 8.11. The van der Waals surface area contributed by atoms with Crippen LogP contribution in [-0.2, 0) is 11.8 Å². The molecule has 2 aromatic carbocycles. The van der Waals surface area contributed by atoms with Crippen LogP contribution in [0.25, 0.3) is 6.08 Å². The van der Waals surface area contributed by atoms with Crippen molar-refractivity contribution in [1.29, 1.82) is 0 Å². The second kappa shape index (κ2) is 8.03. The predicted octanol–water partition coefficient (Wildman–Crippen LogP) is 2.68. The van der Waals surface area contributed by atoms with Crippen LogP contribution in [-0.4, -0.2) is 26.0 Å². The van der Waals surface area contributed by atoms with Crippen LogP contribution in [0.15, 0.2) is 64.5 Å². The number of aromatic nitrogens is 3. The van der Waals surface area contributed by atoms with Gasteiger partial charge in [0.1, 0.15) is 11.7 Å². The number of rotatable bonds is 3. The average Bonchev–Trinajstić information content (AvgIpc) is 3.32. The molecule has 0 radical (unpaired) electrons. The Kier molecular flexibility index (Phi) is 5.01. The van der Waals surface area contributed by atoms with Gasteiger partial charge in [-0.25, -0.2) is 4.99 Å². The molecule has 0 unspecified atom stereocenters. The first kappa shape index (κ1) is 22.5. The summed E-state index contributed by atoms with van der Waals surface area (Å²) in [5, 5.41) is 7.35. The van der Waals surface area contributed by atoms with Gasteiger partial charge in [0.25, 0.3) is 5.56 Å². The van der Waals surface area contributed by atoms with Crippen molar-refractivity contribution in [2.75, 3.05) is 5.32 Å². The Balaban J connectivity index is 1.55. The minimum atomic E-state index is -1.18. The lowest BCUT2D eigenvalue weighted by molar-refractivity contribution is -0.131. The number of hydrogen-bond acceptors (Lipinski definition) is 6. The largest absolute Gasteiger partial charge is 0.465 e. The van der Waals surface area contributed by atoms with E-state index in [9.17, 15) is 9.59 Å². The average molecular weight is 500 g/mol. The molecule has 3 atom stereocenters. The van der Waals surface area contributed by atoms with E-state index in [2.05, 4.69) is 10.4 Å². The Labute approximate surface area is 211 Å². The van der Waals surface area contributed by atoms with Gasteiger partial charge in [-0.3, -0.25) is 18.8 Å². The zero-order valence-corrected chi connectivity index (χ0v) is 21.2. The molecule has 2 bridgehead atoms. The van der Waals surface area contributed by atoms with E-state index in [1.165, 1.54) is 11.3 Å². The van der Waals surface area contributed by atoms with Crippen molar-refractivity contribution in [3.05, 3.63) is 96.8 Å². The summed E-state index contributed by atoms with van der Waals surface area (Å²) in [5.74, 6) is -0.363. The van der Waals surface area contributed by atoms with Crippen molar-refractivity contribution in [1.82, 2.24) is 14.3 Å². The van der Waals surface area contributed by atoms with E-state index in [-0.39, 0.29) is 11.5 Å². The molecule has 2 aliphatic heterocycles. The van der Waals surface area contributed by atoms with Gasteiger partial charge in [-0.15, -0.1) is 0 Å². The highest BCUT2D eigenvalue weighted by atomic mass is 32.1. The van der Waals surface area contributed by atoms with Crippen molar-refractivity contribution in [3.8, 4) is 5.75 Å². The fourth-order valence-electron chi connectivity index (χ4n) is 5.07. The van der Waals surface area contributed by atoms with Gasteiger partial charge in [0.2, 0.25) is 11.6 Å². The number of hydrogen-bond donors (Lipinski definition) is 1. The topological polar surface area (TPSA) is 90.5 Å². The molecule has 1 amide bonds. The van der Waals surface area contributed by atoms with Crippen LogP contribution in [0.2, 0.25) is 0 Å². The maximum Gasteiger partial charge on any atom is 0.270 e. The molecule has 2 aromatic heterocycles. The number of fused-ring (bicyclic) bond motifs is 6. The normalized spacial score (nSPS) is 22.3. The zero-order chi connectivity index (χ0) is 25.2. The SMILES string of the molecule is Cc1ccccc1NC(=O)[C@H]1[C@@H]2c3ccccc3O[C@]1(C)N=c1s/c(=C/c3cnn(C)c3C)c(=O)n12. The number of carbonyl (C=O) groups excluding carboxylic acids is 1. The summed E-state index contributed by atoms with van der Waals surface area (Å²) in [6.07, 6.45) is 3.59. The third kappa shape index (κ3) is 3.34. The van der Waals surface area contributed by atoms with Crippen molar-refractivity contribution in [2.24, 2.45) is 18.0 Å². The Morgan fingerprint density at radius 2 is 1.92 bits per heavy atom. The summed E-state index contributed by atoms with van der Waals surface area (Å²) in [6, 6.07) is 14.6. The molecule has 1 N–H and O–H groups in total. The number of ether oxygens (including phenoxy) is 1. The van der Waals surface area contributed by atoms with Gasteiger partial charge in [0, 0.05) is 29.6 Å². The highest BCUT2D eigenvalue weighted by Gasteiger charge is 2.55. The molecule has 8 nitrogen and oxygen atoms in total. The molecule has 36 heavy (non-hydrogen) atoms. The number of nitrogens with zero attached hydrogens (tertiary/aromatic N) is 4. The zero-order valence-electron chi connectivity index (χ0n) is 20.4. The van der Waals surface area contributed by atoms with E-state index in [1.807, 2.05) is 82.4 Å². The standard InChI is InChI=1S/C27H25N5O3S/c1-15-9-5-7-11-19(15)29-24(33)22-23-18-10-6-8-12-20(18)35-27(22,3)30-26-32(23)25(34)21(36-26)13-17-14-28-31(4)16(17)2/h5-14,22-23H,1-4H3,(H,29,33)/b21-13+/t22-,23+,27+/m1/s1. The minimum absolute atomic E-state index is 0.181. The molecular formula is C27H25N5O3S. The summed E-state index contributed by atoms with van der Waals surface area (Å²) in [5.41, 5.74) is 2.94. The van der Waals surface area contributed by atoms with E-state index >= 15 is 0 Å². The molecule has 6 rings (SSSR count). The first-order chi connectivity index (χ1) is 17.3. The van der Waals surface area contributed by atoms with E-state index in [4.69, 9.17) is 9.73 Å². The Morgan fingerprint density at radius 3 is 2.67 bits per heavy atom. The summed E-state index contributed by atoms with van der Waals surface area (Å²) in [4.78, 5) is 33.1. The smallest absolute Gasteiger partial charge is 0.270 e. The number of amides is 1. The number of thiazole rings is 1. The van der Waals surface area contributed by atoms with Crippen LogP contribution in [0, 0.1) is 19.8 Å². The monoisotopic (exact) mass is 499 g/mol. The first-order valence-electron chi connectivity index (χ1n) is 11.7. The quantitative estimate of drug-likeness (QED) is 0.469. The fourth-order valence-corrected chi connectivity index (χ4v) is 6.16. The molecule has 0 aliphatic carbocycles. The molecule has 4 aromatic rings. The summed E-state index contributed by atoms with van der Waals surface area (Å²) in [7, 11) is 1.87. The van der Waals surface area contributed by atoms with Crippen LogP contribution in [0.1, 0.15) is 35.3 Å². The Bertz CT molecular complexity index is 1720. The lowest BCUT2D eigenvalue weighted by Gasteiger charge is -2.45. The predicted molar refractivity (Wildman–Crippen MR) is 138 cm³/mol. The van der Waals surface area contributed by atoms with Crippen LogP contribution in [0.3, 0.4) is 0 Å². The van der Waals surface area contributed by atoms with Crippen LogP contribution in [0.4, 0.5) is 5.69 Å². The van der Waals surface area contributed by atoms with Crippen molar-refractivity contribution in [2.45, 2.75) is 32.5 Å². The maximum absolute atomic E-state index is 13.8. The lowest BCUT2D eigenvalue weighted by atomic mass is 9.80. The fraction of sp³-hybridized carbons (Fsp3) is 0.259. The number of aryl methyl sites for hydroxylation is 2. The molecular weight excluding hydrogens is 474 g/mol. The van der Waals surface area contributed by atoms with Gasteiger partial charge in [0.15, 0.2) is 4.80 Å². The Hall–Kier alpha value is -3.98. The summed E-state index contributed by atoms with van der Waals surface area (Å²) >= 11 is 1.30. The number of benzene rings is 2. The van der Waals surface area contributed by atoms with Crippen LogP contribution in [0.5, 0.6) is 5.75 Å². The molecule has 4 heterocycles.